The number of carbonyl (C=O) groups excluding carboxylic acids is 1. The molecule has 1 amide bonds. The van der Waals surface area contributed by atoms with Gasteiger partial charge in [0.2, 0.25) is 5.91 Å². The monoisotopic (exact) mass is 325 g/mol. The lowest BCUT2D eigenvalue weighted by molar-refractivity contribution is -0.139. The molecule has 0 bridgehead atoms. The Hall–Kier alpha value is -2.33. The molecule has 1 saturated heterocycles. The van der Waals surface area contributed by atoms with Crippen molar-refractivity contribution in [2.45, 2.75) is 18.9 Å². The van der Waals surface area contributed by atoms with Crippen molar-refractivity contribution in [3.63, 3.8) is 0 Å². The van der Waals surface area contributed by atoms with Gasteiger partial charge in [-0.25, -0.2) is 0 Å². The molecule has 1 atom stereocenters. The van der Waals surface area contributed by atoms with Gasteiger partial charge >= 0.3 is 0 Å². The van der Waals surface area contributed by atoms with Crippen LogP contribution in [0.2, 0.25) is 0 Å². The van der Waals surface area contributed by atoms with Crippen molar-refractivity contribution in [1.82, 2.24) is 4.90 Å². The van der Waals surface area contributed by atoms with Crippen molar-refractivity contribution in [2.24, 2.45) is 0 Å². The Morgan fingerprint density at radius 3 is 2.62 bits per heavy atom. The standard InChI is InChI=1S/C20H23NO3/c1-23-18-10-7-16(8-11-18)9-12-20(22)21-13-14-24-19(15-21)17-5-3-2-4-6-17/h2-8,10-11,19H,9,12-15H2,1H3. The molecular weight excluding hydrogens is 302 g/mol. The molecule has 0 saturated carbocycles. The third kappa shape index (κ3) is 4.15. The minimum atomic E-state index is -0.0233. The van der Waals surface area contributed by atoms with Gasteiger partial charge in [0.05, 0.1) is 20.3 Å². The molecule has 2 aromatic rings. The van der Waals surface area contributed by atoms with Crippen molar-refractivity contribution in [3.05, 3.63) is 65.7 Å². The normalized spacial score (nSPS) is 17.5. The summed E-state index contributed by atoms with van der Waals surface area (Å²) in [5.41, 5.74) is 2.28. The maximum Gasteiger partial charge on any atom is 0.223 e. The van der Waals surface area contributed by atoms with Crippen LogP contribution in [0, 0.1) is 0 Å². The van der Waals surface area contributed by atoms with Gasteiger partial charge in [0.1, 0.15) is 11.9 Å². The second kappa shape index (κ2) is 7.97. The predicted molar refractivity (Wildman–Crippen MR) is 93.0 cm³/mol. The molecule has 0 spiro atoms. The van der Waals surface area contributed by atoms with Crippen LogP contribution in [0.1, 0.15) is 23.7 Å². The van der Waals surface area contributed by atoms with Crippen molar-refractivity contribution in [3.8, 4) is 5.75 Å². The van der Waals surface area contributed by atoms with Gasteiger partial charge in [-0.15, -0.1) is 0 Å². The summed E-state index contributed by atoms with van der Waals surface area (Å²) in [4.78, 5) is 14.4. The quantitative estimate of drug-likeness (QED) is 0.847. The number of aryl methyl sites for hydroxylation is 1. The van der Waals surface area contributed by atoms with Crippen LogP contribution in [0.4, 0.5) is 0 Å². The molecule has 1 heterocycles. The predicted octanol–water partition coefficient (Wildman–Crippen LogP) is 3.23. The summed E-state index contributed by atoms with van der Waals surface area (Å²) >= 11 is 0. The Kier molecular flexibility index (Phi) is 5.49. The second-order valence-electron chi connectivity index (χ2n) is 5.96. The minimum absolute atomic E-state index is 0.0233. The van der Waals surface area contributed by atoms with E-state index < -0.39 is 0 Å². The number of morpholine rings is 1. The lowest BCUT2D eigenvalue weighted by Gasteiger charge is -2.33. The fourth-order valence-electron chi connectivity index (χ4n) is 2.95. The van der Waals surface area contributed by atoms with Gasteiger partial charge in [-0.1, -0.05) is 42.5 Å². The number of nitrogens with zero attached hydrogens (tertiary/aromatic N) is 1. The van der Waals surface area contributed by atoms with E-state index in [9.17, 15) is 4.79 Å². The van der Waals surface area contributed by atoms with Crippen LogP contribution in [0.25, 0.3) is 0 Å². The van der Waals surface area contributed by atoms with Crippen LogP contribution in [-0.2, 0) is 16.0 Å². The zero-order chi connectivity index (χ0) is 16.8. The highest BCUT2D eigenvalue weighted by molar-refractivity contribution is 5.76. The van der Waals surface area contributed by atoms with E-state index in [1.165, 1.54) is 0 Å². The minimum Gasteiger partial charge on any atom is -0.497 e. The smallest absolute Gasteiger partial charge is 0.223 e. The molecule has 4 nitrogen and oxygen atoms in total. The molecule has 24 heavy (non-hydrogen) atoms. The van der Waals surface area contributed by atoms with E-state index in [1.807, 2.05) is 47.4 Å². The van der Waals surface area contributed by atoms with E-state index in [4.69, 9.17) is 9.47 Å². The van der Waals surface area contributed by atoms with Crippen molar-refractivity contribution >= 4 is 5.91 Å². The first-order valence-electron chi connectivity index (χ1n) is 8.33. The van der Waals surface area contributed by atoms with Crippen LogP contribution in [0.15, 0.2) is 54.6 Å². The summed E-state index contributed by atoms with van der Waals surface area (Å²) < 4.78 is 11.0. The Morgan fingerprint density at radius 2 is 1.92 bits per heavy atom. The molecule has 2 aromatic carbocycles. The molecule has 1 aliphatic heterocycles. The second-order valence-corrected chi connectivity index (χ2v) is 5.96. The molecule has 3 rings (SSSR count). The van der Waals surface area contributed by atoms with Gasteiger partial charge in [-0.05, 0) is 29.7 Å². The zero-order valence-corrected chi connectivity index (χ0v) is 14.0. The first-order valence-corrected chi connectivity index (χ1v) is 8.33. The van der Waals surface area contributed by atoms with E-state index in [1.54, 1.807) is 7.11 Å². The van der Waals surface area contributed by atoms with Crippen LogP contribution in [0.3, 0.4) is 0 Å². The highest BCUT2D eigenvalue weighted by Gasteiger charge is 2.24. The van der Waals surface area contributed by atoms with Gasteiger partial charge in [-0.3, -0.25) is 4.79 Å². The van der Waals surface area contributed by atoms with Crippen LogP contribution >= 0.6 is 0 Å². The summed E-state index contributed by atoms with van der Waals surface area (Å²) in [6.45, 7) is 1.89. The summed E-state index contributed by atoms with van der Waals surface area (Å²) in [6, 6.07) is 18.0. The number of methoxy groups -OCH3 is 1. The van der Waals surface area contributed by atoms with E-state index in [0.29, 0.717) is 26.1 Å². The lowest BCUT2D eigenvalue weighted by Crippen LogP contribution is -2.42. The summed E-state index contributed by atoms with van der Waals surface area (Å²) in [5, 5.41) is 0. The number of amides is 1. The molecule has 126 valence electrons. The Morgan fingerprint density at radius 1 is 1.17 bits per heavy atom. The Balaban J connectivity index is 1.54. The summed E-state index contributed by atoms with van der Waals surface area (Å²) in [6.07, 6.45) is 1.24. The molecule has 1 fully saturated rings. The number of carbonyl (C=O) groups is 1. The zero-order valence-electron chi connectivity index (χ0n) is 14.0. The Labute approximate surface area is 143 Å². The number of hydrogen-bond donors (Lipinski definition) is 0. The molecule has 0 N–H and O–H groups in total. The molecule has 0 aliphatic carbocycles. The van der Waals surface area contributed by atoms with Crippen molar-refractivity contribution < 1.29 is 14.3 Å². The van der Waals surface area contributed by atoms with Crippen LogP contribution < -0.4 is 4.74 Å². The molecule has 0 aromatic heterocycles. The van der Waals surface area contributed by atoms with Crippen LogP contribution in [-0.4, -0.2) is 37.6 Å². The largest absolute Gasteiger partial charge is 0.497 e. The van der Waals surface area contributed by atoms with Crippen molar-refractivity contribution in [1.29, 1.82) is 0 Å². The number of ether oxygens (including phenoxy) is 2. The fourth-order valence-corrected chi connectivity index (χ4v) is 2.95. The van der Waals surface area contributed by atoms with E-state index in [-0.39, 0.29) is 12.0 Å². The highest BCUT2D eigenvalue weighted by Crippen LogP contribution is 2.22. The van der Waals surface area contributed by atoms with Crippen LogP contribution in [0.5, 0.6) is 5.75 Å². The van der Waals surface area contributed by atoms with Crippen molar-refractivity contribution in [2.75, 3.05) is 26.8 Å². The SMILES string of the molecule is COc1ccc(CCC(=O)N2CCOC(c3ccccc3)C2)cc1. The first kappa shape index (κ1) is 16.5. The molecule has 1 unspecified atom stereocenters. The average Bonchev–Trinajstić information content (AvgIpc) is 2.67. The Bertz CT molecular complexity index is 654. The van der Waals surface area contributed by atoms with Gasteiger partial charge in [0.15, 0.2) is 0 Å². The van der Waals surface area contributed by atoms with Gasteiger partial charge < -0.3 is 14.4 Å². The molecule has 1 aliphatic rings. The van der Waals surface area contributed by atoms with E-state index in [0.717, 1.165) is 23.3 Å². The van der Waals surface area contributed by atoms with E-state index in [2.05, 4.69) is 12.1 Å². The van der Waals surface area contributed by atoms with Gasteiger partial charge in [-0.2, -0.15) is 0 Å². The summed E-state index contributed by atoms with van der Waals surface area (Å²) in [7, 11) is 1.65. The van der Waals surface area contributed by atoms with Gasteiger partial charge in [0.25, 0.3) is 0 Å². The van der Waals surface area contributed by atoms with E-state index >= 15 is 0 Å². The van der Waals surface area contributed by atoms with Gasteiger partial charge in [0, 0.05) is 13.0 Å². The fraction of sp³-hybridized carbons (Fsp3) is 0.350. The third-order valence-electron chi connectivity index (χ3n) is 4.38. The average molecular weight is 325 g/mol. The lowest BCUT2D eigenvalue weighted by atomic mass is 10.1. The first-order chi connectivity index (χ1) is 11.8. The molecular formula is C20H23NO3. The highest BCUT2D eigenvalue weighted by atomic mass is 16.5. The molecule has 4 heteroatoms. The summed E-state index contributed by atoms with van der Waals surface area (Å²) in [5.74, 6) is 1.03. The number of benzene rings is 2. The number of hydrogen-bond acceptors (Lipinski definition) is 3. The topological polar surface area (TPSA) is 38.8 Å². The third-order valence-corrected chi connectivity index (χ3v) is 4.38. The molecule has 0 radical (unpaired) electrons. The maximum absolute atomic E-state index is 12.5. The maximum atomic E-state index is 12.5. The number of rotatable bonds is 5.